The predicted molar refractivity (Wildman–Crippen MR) is 78.1 cm³/mol. The Morgan fingerprint density at radius 1 is 1.22 bits per heavy atom. The maximum Gasteiger partial charge on any atom is 0.0446 e. The van der Waals surface area contributed by atoms with Crippen molar-refractivity contribution in [3.05, 3.63) is 57.2 Å². The molecule has 1 unspecified atom stereocenters. The summed E-state index contributed by atoms with van der Waals surface area (Å²) in [5, 5.41) is 6.65. The van der Waals surface area contributed by atoms with Crippen molar-refractivity contribution in [3.63, 3.8) is 0 Å². The average molecular weight is 278 g/mol. The van der Waals surface area contributed by atoms with Gasteiger partial charge in [-0.25, -0.2) is 0 Å². The summed E-state index contributed by atoms with van der Waals surface area (Å²) < 4.78 is 0. The average Bonchev–Trinajstić information content (AvgIpc) is 3.07. The van der Waals surface area contributed by atoms with E-state index in [-0.39, 0.29) is 0 Å². The van der Waals surface area contributed by atoms with Crippen LogP contribution in [0.4, 0.5) is 0 Å². The maximum atomic E-state index is 5.90. The van der Waals surface area contributed by atoms with E-state index in [0.717, 1.165) is 17.5 Å². The van der Waals surface area contributed by atoms with Gasteiger partial charge in [0.2, 0.25) is 0 Å². The molecule has 2 aromatic rings. The van der Waals surface area contributed by atoms with E-state index in [9.17, 15) is 0 Å². The van der Waals surface area contributed by atoms with Crippen LogP contribution < -0.4 is 5.32 Å². The molecule has 1 atom stereocenters. The minimum Gasteiger partial charge on any atom is -0.305 e. The minimum atomic E-state index is 0.528. The number of nitrogens with one attached hydrogen (secondary N) is 1. The van der Waals surface area contributed by atoms with Gasteiger partial charge in [-0.2, -0.15) is 0 Å². The van der Waals surface area contributed by atoms with Crippen LogP contribution in [0.5, 0.6) is 0 Å². The molecule has 1 nitrogen and oxygen atoms in total. The molecule has 1 aromatic heterocycles. The SMILES string of the molecule is Clc1ccc(CNC(c2cccs2)C2CC2)cc1. The molecule has 0 aliphatic heterocycles. The summed E-state index contributed by atoms with van der Waals surface area (Å²) in [6.45, 7) is 0.913. The lowest BCUT2D eigenvalue weighted by atomic mass is 10.1. The summed E-state index contributed by atoms with van der Waals surface area (Å²) >= 11 is 7.75. The predicted octanol–water partition coefficient (Wildman–Crippen LogP) is 4.64. The minimum absolute atomic E-state index is 0.528. The van der Waals surface area contributed by atoms with Gasteiger partial charge in [0.05, 0.1) is 0 Å². The van der Waals surface area contributed by atoms with Gasteiger partial charge in [-0.05, 0) is 47.9 Å². The normalized spacial score (nSPS) is 16.7. The quantitative estimate of drug-likeness (QED) is 0.839. The van der Waals surface area contributed by atoms with Gasteiger partial charge in [0.1, 0.15) is 0 Å². The Balaban J connectivity index is 1.65. The standard InChI is InChI=1S/C15H16ClNS/c16-13-7-3-11(4-8-13)10-17-15(12-5-6-12)14-2-1-9-18-14/h1-4,7-9,12,15,17H,5-6,10H2. The summed E-state index contributed by atoms with van der Waals surface area (Å²) in [6, 6.07) is 13.0. The van der Waals surface area contributed by atoms with Gasteiger partial charge in [0, 0.05) is 22.5 Å². The van der Waals surface area contributed by atoms with Gasteiger partial charge in [0.25, 0.3) is 0 Å². The third kappa shape index (κ3) is 2.94. The van der Waals surface area contributed by atoms with Crippen LogP contribution in [0.15, 0.2) is 41.8 Å². The third-order valence-corrected chi connectivity index (χ3v) is 4.59. The second kappa shape index (κ2) is 5.43. The fourth-order valence-corrected chi connectivity index (χ4v) is 3.25. The molecule has 3 heteroatoms. The van der Waals surface area contributed by atoms with E-state index in [4.69, 9.17) is 11.6 Å². The van der Waals surface area contributed by atoms with Gasteiger partial charge in [-0.15, -0.1) is 11.3 Å². The van der Waals surface area contributed by atoms with Crippen LogP contribution >= 0.6 is 22.9 Å². The molecule has 3 rings (SSSR count). The molecule has 1 saturated carbocycles. The zero-order valence-electron chi connectivity index (χ0n) is 10.1. The zero-order valence-corrected chi connectivity index (χ0v) is 11.7. The third-order valence-electron chi connectivity index (χ3n) is 3.38. The van der Waals surface area contributed by atoms with Crippen LogP contribution in [0.25, 0.3) is 0 Å². The van der Waals surface area contributed by atoms with Crippen LogP contribution in [0, 0.1) is 5.92 Å². The van der Waals surface area contributed by atoms with Crippen molar-refractivity contribution in [2.75, 3.05) is 0 Å². The highest BCUT2D eigenvalue weighted by molar-refractivity contribution is 7.10. The van der Waals surface area contributed by atoms with Crippen molar-refractivity contribution < 1.29 is 0 Å². The molecule has 0 radical (unpaired) electrons. The van der Waals surface area contributed by atoms with E-state index >= 15 is 0 Å². The maximum absolute atomic E-state index is 5.90. The molecule has 18 heavy (non-hydrogen) atoms. The first kappa shape index (κ1) is 12.2. The Hall–Kier alpha value is -0.830. The smallest absolute Gasteiger partial charge is 0.0446 e. The molecule has 1 fully saturated rings. The molecule has 0 bridgehead atoms. The van der Waals surface area contributed by atoms with E-state index in [1.807, 2.05) is 23.5 Å². The topological polar surface area (TPSA) is 12.0 Å². The van der Waals surface area contributed by atoms with Crippen LogP contribution in [0.2, 0.25) is 5.02 Å². The summed E-state index contributed by atoms with van der Waals surface area (Å²) in [5.41, 5.74) is 1.29. The molecular weight excluding hydrogens is 262 g/mol. The number of hydrogen-bond acceptors (Lipinski definition) is 2. The van der Waals surface area contributed by atoms with Crippen LogP contribution in [-0.2, 0) is 6.54 Å². The summed E-state index contributed by atoms with van der Waals surface area (Å²) in [4.78, 5) is 1.46. The molecule has 1 aliphatic carbocycles. The Bertz CT molecular complexity index is 488. The summed E-state index contributed by atoms with van der Waals surface area (Å²) in [5.74, 6) is 0.830. The molecule has 94 valence electrons. The highest BCUT2D eigenvalue weighted by Crippen LogP contribution is 2.42. The van der Waals surface area contributed by atoms with E-state index in [1.54, 1.807) is 0 Å². The van der Waals surface area contributed by atoms with E-state index in [1.165, 1.54) is 23.3 Å². The van der Waals surface area contributed by atoms with Gasteiger partial charge < -0.3 is 5.32 Å². The van der Waals surface area contributed by atoms with Crippen molar-refractivity contribution >= 4 is 22.9 Å². The van der Waals surface area contributed by atoms with Crippen molar-refractivity contribution in [3.8, 4) is 0 Å². The Labute approximate surface area is 117 Å². The summed E-state index contributed by atoms with van der Waals surface area (Å²) in [7, 11) is 0. The first-order valence-corrected chi connectivity index (χ1v) is 7.60. The van der Waals surface area contributed by atoms with E-state index in [2.05, 4.69) is 35.0 Å². The molecule has 1 aliphatic rings. The number of rotatable bonds is 5. The largest absolute Gasteiger partial charge is 0.305 e. The van der Waals surface area contributed by atoms with Crippen molar-refractivity contribution in [2.24, 2.45) is 5.92 Å². The van der Waals surface area contributed by atoms with Crippen molar-refractivity contribution in [1.82, 2.24) is 5.32 Å². The van der Waals surface area contributed by atoms with Crippen LogP contribution in [0.1, 0.15) is 29.3 Å². The van der Waals surface area contributed by atoms with Crippen molar-refractivity contribution in [2.45, 2.75) is 25.4 Å². The fraction of sp³-hybridized carbons (Fsp3) is 0.333. The molecule has 1 N–H and O–H groups in total. The van der Waals surface area contributed by atoms with Gasteiger partial charge >= 0.3 is 0 Å². The monoisotopic (exact) mass is 277 g/mol. The zero-order chi connectivity index (χ0) is 12.4. The Morgan fingerprint density at radius 3 is 2.61 bits per heavy atom. The lowest BCUT2D eigenvalue weighted by molar-refractivity contribution is 0.487. The lowest BCUT2D eigenvalue weighted by Crippen LogP contribution is -2.21. The Morgan fingerprint density at radius 2 is 2.00 bits per heavy atom. The van der Waals surface area contributed by atoms with Gasteiger partial charge in [0.15, 0.2) is 0 Å². The highest BCUT2D eigenvalue weighted by atomic mass is 35.5. The van der Waals surface area contributed by atoms with Crippen LogP contribution in [0.3, 0.4) is 0 Å². The number of benzene rings is 1. The molecule has 0 saturated heterocycles. The number of hydrogen-bond donors (Lipinski definition) is 1. The molecular formula is C15H16ClNS. The van der Waals surface area contributed by atoms with Crippen LogP contribution in [-0.4, -0.2) is 0 Å². The molecule has 1 aromatic carbocycles. The highest BCUT2D eigenvalue weighted by Gasteiger charge is 2.32. The molecule has 0 spiro atoms. The van der Waals surface area contributed by atoms with E-state index < -0.39 is 0 Å². The fourth-order valence-electron chi connectivity index (χ4n) is 2.23. The number of halogens is 1. The molecule has 1 heterocycles. The van der Waals surface area contributed by atoms with E-state index in [0.29, 0.717) is 6.04 Å². The van der Waals surface area contributed by atoms with Gasteiger partial charge in [-0.3, -0.25) is 0 Å². The lowest BCUT2D eigenvalue weighted by Gasteiger charge is -2.17. The second-order valence-corrected chi connectivity index (χ2v) is 6.25. The summed E-state index contributed by atoms with van der Waals surface area (Å²) in [6.07, 6.45) is 2.71. The Kier molecular flexibility index (Phi) is 3.69. The number of thiophene rings is 1. The second-order valence-electron chi connectivity index (χ2n) is 4.84. The first-order chi connectivity index (χ1) is 8.83. The molecule has 0 amide bonds. The first-order valence-electron chi connectivity index (χ1n) is 6.34. The van der Waals surface area contributed by atoms with Gasteiger partial charge in [-0.1, -0.05) is 29.8 Å². The van der Waals surface area contributed by atoms with Crippen molar-refractivity contribution in [1.29, 1.82) is 0 Å².